The molecule has 0 aliphatic rings. The molecule has 0 spiro atoms. The molecular weight excluding hydrogens is 380 g/mol. The van der Waals surface area contributed by atoms with Crippen LogP contribution in [0.15, 0.2) is 48.7 Å². The average Bonchev–Trinajstić information content (AvgIpc) is 3.03. The van der Waals surface area contributed by atoms with Crippen LogP contribution in [0.3, 0.4) is 0 Å². The van der Waals surface area contributed by atoms with E-state index in [-0.39, 0.29) is 5.56 Å². The van der Waals surface area contributed by atoms with Gasteiger partial charge in [0.2, 0.25) is 0 Å². The van der Waals surface area contributed by atoms with E-state index in [2.05, 4.69) is 4.98 Å². The maximum Gasteiger partial charge on any atom is 0.416 e. The lowest BCUT2D eigenvalue weighted by atomic mass is 10.1. The summed E-state index contributed by atoms with van der Waals surface area (Å²) < 4.78 is 75.7. The first-order valence-corrected chi connectivity index (χ1v) is 7.91. The lowest BCUT2D eigenvalue weighted by Crippen LogP contribution is -2.04. The second kappa shape index (κ2) is 6.31. The van der Waals surface area contributed by atoms with E-state index < -0.39 is 29.2 Å². The maximum absolute atomic E-state index is 12.6. The van der Waals surface area contributed by atoms with Crippen molar-refractivity contribution in [2.45, 2.75) is 12.4 Å². The highest BCUT2D eigenvalue weighted by Gasteiger charge is 2.31. The van der Waals surface area contributed by atoms with Crippen LogP contribution in [0.25, 0.3) is 21.0 Å². The normalized spacial score (nSPS) is 12.4. The predicted octanol–water partition coefficient (Wildman–Crippen LogP) is 6.22. The molecule has 2 aromatic carbocycles. The van der Waals surface area contributed by atoms with Crippen LogP contribution in [0.4, 0.5) is 26.3 Å². The highest BCUT2D eigenvalue weighted by Crippen LogP contribution is 2.40. The molecule has 136 valence electrons. The number of aromatic nitrogens is 1. The number of phenolic OH excluding ortho intramolecular Hbond substituents is 1. The molecule has 1 N–H and O–H groups in total. The fourth-order valence-corrected chi connectivity index (χ4v) is 3.21. The predicted molar refractivity (Wildman–Crippen MR) is 84.7 cm³/mol. The molecule has 9 heteroatoms. The molecule has 0 unspecified atom stereocenters. The number of aromatic hydroxyl groups is 1. The summed E-state index contributed by atoms with van der Waals surface area (Å²) in [6.45, 7) is 0. The van der Waals surface area contributed by atoms with Gasteiger partial charge in [-0.2, -0.15) is 26.3 Å². The van der Waals surface area contributed by atoms with E-state index >= 15 is 0 Å². The number of thiazole rings is 1. The minimum absolute atomic E-state index is 0.161. The molecule has 3 rings (SSSR count). The zero-order chi connectivity index (χ0) is 19.1. The molecule has 0 amide bonds. The molecule has 0 fully saturated rings. The third kappa shape index (κ3) is 3.67. The van der Waals surface area contributed by atoms with Gasteiger partial charge in [-0.1, -0.05) is 12.1 Å². The average molecular weight is 389 g/mol. The molecule has 0 saturated heterocycles. The minimum atomic E-state index is -4.57. The molecule has 2 nitrogen and oxygen atoms in total. The van der Waals surface area contributed by atoms with Gasteiger partial charge < -0.3 is 5.11 Å². The van der Waals surface area contributed by atoms with Crippen molar-refractivity contribution in [2.24, 2.45) is 0 Å². The first-order chi connectivity index (χ1) is 12.1. The number of benzene rings is 2. The van der Waals surface area contributed by atoms with Crippen molar-refractivity contribution in [3.8, 4) is 26.8 Å². The monoisotopic (exact) mass is 389 g/mol. The highest BCUT2D eigenvalue weighted by atomic mass is 32.1. The van der Waals surface area contributed by atoms with E-state index in [1.165, 1.54) is 18.3 Å². The Bertz CT molecular complexity index is 928. The summed E-state index contributed by atoms with van der Waals surface area (Å²) in [6, 6.07) is 6.95. The molecule has 0 saturated carbocycles. The van der Waals surface area contributed by atoms with Gasteiger partial charge in [-0.3, -0.25) is 0 Å². The van der Waals surface area contributed by atoms with Crippen molar-refractivity contribution >= 4 is 11.3 Å². The van der Waals surface area contributed by atoms with Crippen molar-refractivity contribution in [2.75, 3.05) is 0 Å². The maximum atomic E-state index is 12.6. The summed E-state index contributed by atoms with van der Waals surface area (Å²) >= 11 is 1.05. The molecule has 0 aliphatic heterocycles. The number of hydrogen-bond donors (Lipinski definition) is 1. The molecule has 1 heterocycles. The second-order valence-electron chi connectivity index (χ2n) is 5.33. The van der Waals surface area contributed by atoms with Crippen LogP contribution in [-0.4, -0.2) is 10.1 Å². The Morgan fingerprint density at radius 2 is 1.38 bits per heavy atom. The summed E-state index contributed by atoms with van der Waals surface area (Å²) in [5.41, 5.74) is -1.18. The minimum Gasteiger partial charge on any atom is -0.507 e. The van der Waals surface area contributed by atoms with Crippen molar-refractivity contribution in [3.05, 3.63) is 59.8 Å². The zero-order valence-corrected chi connectivity index (χ0v) is 13.5. The highest BCUT2D eigenvalue weighted by molar-refractivity contribution is 7.18. The smallest absolute Gasteiger partial charge is 0.416 e. The topological polar surface area (TPSA) is 33.1 Å². The van der Waals surface area contributed by atoms with Crippen LogP contribution >= 0.6 is 11.3 Å². The van der Waals surface area contributed by atoms with E-state index in [1.54, 1.807) is 0 Å². The quantitative estimate of drug-likeness (QED) is 0.528. The van der Waals surface area contributed by atoms with Crippen molar-refractivity contribution in [1.29, 1.82) is 0 Å². The van der Waals surface area contributed by atoms with E-state index in [4.69, 9.17) is 0 Å². The van der Waals surface area contributed by atoms with Gasteiger partial charge in [0.25, 0.3) is 0 Å². The summed E-state index contributed by atoms with van der Waals surface area (Å²) in [6.07, 6.45) is -7.67. The Labute approximate surface area is 147 Å². The van der Waals surface area contributed by atoms with Gasteiger partial charge in [-0.25, -0.2) is 4.98 Å². The van der Waals surface area contributed by atoms with Crippen LogP contribution < -0.4 is 0 Å². The van der Waals surface area contributed by atoms with Crippen molar-refractivity contribution in [3.63, 3.8) is 0 Å². The summed E-state index contributed by atoms with van der Waals surface area (Å²) in [5.74, 6) is -0.553. The van der Waals surface area contributed by atoms with Crippen LogP contribution in [0, 0.1) is 0 Å². The van der Waals surface area contributed by atoms with E-state index in [0.29, 0.717) is 21.5 Å². The molecule has 0 bridgehead atoms. The summed E-state index contributed by atoms with van der Waals surface area (Å²) in [4.78, 5) is 4.47. The van der Waals surface area contributed by atoms with Crippen LogP contribution in [0.2, 0.25) is 0 Å². The number of nitrogens with zero attached hydrogens (tertiary/aromatic N) is 1. The number of halogens is 6. The van der Waals surface area contributed by atoms with Gasteiger partial charge in [0.15, 0.2) is 0 Å². The molecular formula is C17H9F6NOS. The first-order valence-electron chi connectivity index (χ1n) is 7.10. The third-order valence-electron chi connectivity index (χ3n) is 3.56. The summed E-state index contributed by atoms with van der Waals surface area (Å²) in [7, 11) is 0. The van der Waals surface area contributed by atoms with Gasteiger partial charge in [-0.15, -0.1) is 11.3 Å². The largest absolute Gasteiger partial charge is 0.507 e. The Morgan fingerprint density at radius 1 is 0.808 bits per heavy atom. The third-order valence-corrected chi connectivity index (χ3v) is 4.64. The number of alkyl halides is 6. The SMILES string of the molecule is Oc1cc(C(F)(F)F)ccc1-c1cnc(-c2ccc(C(F)(F)F)cc2)s1. The number of phenols is 1. The van der Waals surface area contributed by atoms with Gasteiger partial charge in [0.1, 0.15) is 10.8 Å². The molecule has 26 heavy (non-hydrogen) atoms. The lowest BCUT2D eigenvalue weighted by Gasteiger charge is -2.08. The van der Waals surface area contributed by atoms with Crippen LogP contribution in [0.1, 0.15) is 11.1 Å². The van der Waals surface area contributed by atoms with Gasteiger partial charge in [0, 0.05) is 17.3 Å². The van der Waals surface area contributed by atoms with Crippen molar-refractivity contribution in [1.82, 2.24) is 4.98 Å². The molecule has 0 aliphatic carbocycles. The molecule has 3 aromatic rings. The van der Waals surface area contributed by atoms with Gasteiger partial charge in [-0.05, 0) is 30.3 Å². The van der Waals surface area contributed by atoms with E-state index in [1.807, 2.05) is 0 Å². The Balaban J connectivity index is 1.91. The number of hydrogen-bond acceptors (Lipinski definition) is 3. The zero-order valence-electron chi connectivity index (χ0n) is 12.7. The molecule has 0 atom stereocenters. The fourth-order valence-electron chi connectivity index (χ4n) is 2.25. The van der Waals surface area contributed by atoms with Crippen LogP contribution in [0.5, 0.6) is 5.75 Å². The van der Waals surface area contributed by atoms with Gasteiger partial charge >= 0.3 is 12.4 Å². The summed E-state index contributed by atoms with van der Waals surface area (Å²) in [5, 5.41) is 10.3. The molecule has 0 radical (unpaired) electrons. The number of rotatable bonds is 2. The Hall–Kier alpha value is -2.55. The molecule has 1 aromatic heterocycles. The Morgan fingerprint density at radius 3 is 1.92 bits per heavy atom. The first kappa shape index (κ1) is 18.2. The second-order valence-corrected chi connectivity index (χ2v) is 6.37. The standard InChI is InChI=1S/C17H9F6NOS/c18-16(19,20)10-3-1-9(2-4-10)15-24-8-14(26-15)12-6-5-11(7-13(12)25)17(21,22)23/h1-8,25H. The van der Waals surface area contributed by atoms with Crippen molar-refractivity contribution < 1.29 is 31.4 Å². The van der Waals surface area contributed by atoms with E-state index in [9.17, 15) is 31.4 Å². The van der Waals surface area contributed by atoms with Gasteiger partial charge in [0.05, 0.1) is 16.0 Å². The fraction of sp³-hybridized carbons (Fsp3) is 0.118. The lowest BCUT2D eigenvalue weighted by molar-refractivity contribution is -0.138. The van der Waals surface area contributed by atoms with Crippen LogP contribution in [-0.2, 0) is 12.4 Å². The van der Waals surface area contributed by atoms with E-state index in [0.717, 1.165) is 35.6 Å². The Kier molecular flexibility index (Phi) is 4.43.